The van der Waals surface area contributed by atoms with Crippen LogP contribution in [0.15, 0.2) is 67.0 Å². The SMILES string of the molecule is COc1cc(OC)c2c(=O)c(OC)c(-c3cc(OC)c(OC)c(OC)c3)oc2c1.O=c1c(O)c(-c2cc(O)c(O)c(O)c2)oc2cc(O)cc(O)c12. The molecule has 6 N–H and O–H groups in total. The number of phenols is 5. The first-order valence-corrected chi connectivity index (χ1v) is 14.9. The van der Waals surface area contributed by atoms with E-state index in [9.17, 15) is 40.2 Å². The van der Waals surface area contributed by atoms with E-state index < -0.39 is 39.9 Å². The highest BCUT2D eigenvalue weighted by Crippen LogP contribution is 2.45. The normalized spacial score (nSPS) is 10.7. The summed E-state index contributed by atoms with van der Waals surface area (Å²) < 4.78 is 43.5. The van der Waals surface area contributed by atoms with Crippen LogP contribution >= 0.6 is 0 Å². The molecule has 2 heterocycles. The molecule has 0 spiro atoms. The summed E-state index contributed by atoms with van der Waals surface area (Å²) in [6.07, 6.45) is 0. The molecule has 2 aromatic heterocycles. The van der Waals surface area contributed by atoms with Crippen LogP contribution in [0.1, 0.15) is 0 Å². The third kappa shape index (κ3) is 6.35. The highest BCUT2D eigenvalue weighted by Gasteiger charge is 2.24. The van der Waals surface area contributed by atoms with Gasteiger partial charge in [0.2, 0.25) is 28.1 Å². The molecule has 0 saturated carbocycles. The van der Waals surface area contributed by atoms with E-state index >= 15 is 0 Å². The summed E-state index contributed by atoms with van der Waals surface area (Å²) in [5, 5.41) is 57.4. The van der Waals surface area contributed by atoms with Crippen molar-refractivity contribution in [1.29, 1.82) is 0 Å². The number of benzene rings is 4. The average molecular weight is 721 g/mol. The molecule has 0 atom stereocenters. The molecule has 0 amide bonds. The fraction of sp³-hybridized carbons (Fsp3) is 0.167. The van der Waals surface area contributed by atoms with Crippen LogP contribution in [-0.4, -0.2) is 73.3 Å². The highest BCUT2D eigenvalue weighted by atomic mass is 16.5. The van der Waals surface area contributed by atoms with Crippen LogP contribution < -0.4 is 39.3 Å². The first kappa shape index (κ1) is 36.2. The molecule has 4 aromatic carbocycles. The monoisotopic (exact) mass is 720 g/mol. The molecular weight excluding hydrogens is 688 g/mol. The van der Waals surface area contributed by atoms with E-state index in [1.165, 1.54) is 42.7 Å². The van der Waals surface area contributed by atoms with Gasteiger partial charge in [0, 0.05) is 35.4 Å². The van der Waals surface area contributed by atoms with Gasteiger partial charge in [-0.3, -0.25) is 9.59 Å². The van der Waals surface area contributed by atoms with Crippen molar-refractivity contribution in [2.45, 2.75) is 0 Å². The lowest BCUT2D eigenvalue weighted by Gasteiger charge is -2.16. The molecule has 0 aliphatic carbocycles. The Bertz CT molecular complexity index is 2400. The Balaban J connectivity index is 0.000000206. The van der Waals surface area contributed by atoms with Crippen LogP contribution in [0.4, 0.5) is 0 Å². The van der Waals surface area contributed by atoms with Crippen molar-refractivity contribution in [2.24, 2.45) is 0 Å². The molecule has 272 valence electrons. The van der Waals surface area contributed by atoms with Gasteiger partial charge in [-0.1, -0.05) is 0 Å². The fourth-order valence-corrected chi connectivity index (χ4v) is 5.32. The van der Waals surface area contributed by atoms with Crippen LogP contribution in [0.25, 0.3) is 44.6 Å². The topological polar surface area (TPSA) is 237 Å². The molecule has 0 radical (unpaired) electrons. The molecule has 6 aromatic rings. The van der Waals surface area contributed by atoms with Crippen molar-refractivity contribution in [3.63, 3.8) is 0 Å². The lowest BCUT2D eigenvalue weighted by atomic mass is 10.1. The van der Waals surface area contributed by atoms with Gasteiger partial charge in [0.1, 0.15) is 44.9 Å². The Labute approximate surface area is 293 Å². The third-order valence-corrected chi connectivity index (χ3v) is 7.74. The second-order valence-corrected chi connectivity index (χ2v) is 10.7. The summed E-state index contributed by atoms with van der Waals surface area (Å²) in [6.45, 7) is 0. The lowest BCUT2D eigenvalue weighted by molar-refractivity contribution is 0.324. The standard InChI is InChI=1S/C21H22O8.C15H10O8/c1-23-12-9-13(24-2)17-14(10-12)29-19(21(28-6)18(17)22)11-7-15(25-3)20(27-5)16(8-11)26-4;16-6-3-7(17)11-10(4-6)23-15(14(22)13(11)21)5-1-8(18)12(20)9(19)2-5/h7-10H,1-6H3;1-4,16-20,22H. The second-order valence-electron chi connectivity index (χ2n) is 10.7. The molecule has 6 rings (SSSR count). The predicted octanol–water partition coefficient (Wildman–Crippen LogP) is 5.21. The highest BCUT2D eigenvalue weighted by molar-refractivity contribution is 5.90. The molecule has 0 saturated heterocycles. The van der Waals surface area contributed by atoms with Crippen molar-refractivity contribution in [3.05, 3.63) is 69.0 Å². The molecular formula is C36H32O16. The number of hydrogen-bond donors (Lipinski definition) is 6. The molecule has 0 aliphatic heterocycles. The number of ether oxygens (including phenoxy) is 6. The van der Waals surface area contributed by atoms with E-state index in [1.54, 1.807) is 24.3 Å². The molecule has 0 aliphatic rings. The minimum absolute atomic E-state index is 0.0234. The first-order chi connectivity index (χ1) is 24.8. The van der Waals surface area contributed by atoms with Crippen LogP contribution in [0.2, 0.25) is 0 Å². The van der Waals surface area contributed by atoms with Gasteiger partial charge in [-0.25, -0.2) is 0 Å². The van der Waals surface area contributed by atoms with E-state index in [2.05, 4.69) is 0 Å². The number of methoxy groups -OCH3 is 6. The van der Waals surface area contributed by atoms with Gasteiger partial charge in [-0.2, -0.15) is 0 Å². The summed E-state index contributed by atoms with van der Waals surface area (Å²) in [7, 11) is 8.90. The first-order valence-electron chi connectivity index (χ1n) is 14.9. The minimum Gasteiger partial charge on any atom is -0.508 e. The molecule has 0 bridgehead atoms. The van der Waals surface area contributed by atoms with Gasteiger partial charge in [0.15, 0.2) is 40.3 Å². The van der Waals surface area contributed by atoms with E-state index in [-0.39, 0.29) is 50.2 Å². The van der Waals surface area contributed by atoms with E-state index in [1.807, 2.05) is 0 Å². The Kier molecular flexibility index (Phi) is 10.0. The van der Waals surface area contributed by atoms with Crippen molar-refractivity contribution < 1.29 is 67.9 Å². The van der Waals surface area contributed by atoms with E-state index in [4.69, 9.17) is 37.3 Å². The quantitative estimate of drug-likeness (QED) is 0.111. The summed E-state index contributed by atoms with van der Waals surface area (Å²) in [6, 6.07) is 10.5. The Morgan fingerprint density at radius 2 is 1.00 bits per heavy atom. The van der Waals surface area contributed by atoms with Crippen LogP contribution in [0.3, 0.4) is 0 Å². The number of fused-ring (bicyclic) bond motifs is 2. The van der Waals surface area contributed by atoms with Gasteiger partial charge in [-0.05, 0) is 24.3 Å². The smallest absolute Gasteiger partial charge is 0.239 e. The Morgan fingerprint density at radius 1 is 0.462 bits per heavy atom. The zero-order valence-electron chi connectivity index (χ0n) is 28.4. The van der Waals surface area contributed by atoms with Crippen LogP contribution in [0.5, 0.6) is 69.0 Å². The number of rotatable bonds is 8. The zero-order chi connectivity index (χ0) is 38.0. The van der Waals surface area contributed by atoms with E-state index in [0.717, 1.165) is 24.3 Å². The van der Waals surface area contributed by atoms with E-state index in [0.29, 0.717) is 34.3 Å². The van der Waals surface area contributed by atoms with Gasteiger partial charge < -0.3 is 67.9 Å². The Morgan fingerprint density at radius 3 is 1.54 bits per heavy atom. The van der Waals surface area contributed by atoms with Crippen LogP contribution in [0, 0.1) is 0 Å². The van der Waals surface area contributed by atoms with Crippen molar-refractivity contribution in [2.75, 3.05) is 42.7 Å². The number of phenolic OH excluding ortho intramolecular Hbond substituents is 5. The fourth-order valence-electron chi connectivity index (χ4n) is 5.32. The predicted molar refractivity (Wildman–Crippen MR) is 185 cm³/mol. The summed E-state index contributed by atoms with van der Waals surface area (Å²) in [4.78, 5) is 25.3. The van der Waals surface area contributed by atoms with Gasteiger partial charge in [0.05, 0.1) is 42.7 Å². The van der Waals surface area contributed by atoms with Crippen molar-refractivity contribution >= 4 is 21.9 Å². The summed E-state index contributed by atoms with van der Waals surface area (Å²) in [5.41, 5.74) is -0.861. The molecule has 0 unspecified atom stereocenters. The maximum atomic E-state index is 13.2. The zero-order valence-corrected chi connectivity index (χ0v) is 28.4. The van der Waals surface area contributed by atoms with Gasteiger partial charge in [-0.15, -0.1) is 0 Å². The molecule has 0 fully saturated rings. The minimum atomic E-state index is -0.967. The van der Waals surface area contributed by atoms with Crippen molar-refractivity contribution in [3.8, 4) is 91.6 Å². The van der Waals surface area contributed by atoms with Gasteiger partial charge in [0.25, 0.3) is 0 Å². The average Bonchev–Trinajstić information content (AvgIpc) is 3.13. The maximum Gasteiger partial charge on any atom is 0.239 e. The number of aromatic hydroxyl groups is 6. The maximum absolute atomic E-state index is 13.2. The molecule has 52 heavy (non-hydrogen) atoms. The molecule has 16 heteroatoms. The second kappa shape index (κ2) is 14.4. The Hall–Kier alpha value is -7.10. The largest absolute Gasteiger partial charge is 0.508 e. The lowest BCUT2D eigenvalue weighted by Crippen LogP contribution is -2.09. The van der Waals surface area contributed by atoms with Gasteiger partial charge >= 0.3 is 0 Å². The number of hydrogen-bond acceptors (Lipinski definition) is 16. The third-order valence-electron chi connectivity index (χ3n) is 7.74. The van der Waals surface area contributed by atoms with Crippen molar-refractivity contribution in [1.82, 2.24) is 0 Å². The summed E-state index contributed by atoms with van der Waals surface area (Å²) >= 11 is 0. The molecule has 16 nitrogen and oxygen atoms in total. The summed E-state index contributed by atoms with van der Waals surface area (Å²) in [5.74, 6) is -2.11. The van der Waals surface area contributed by atoms with Crippen LogP contribution in [-0.2, 0) is 0 Å².